The Morgan fingerprint density at radius 1 is 1.31 bits per heavy atom. The highest BCUT2D eigenvalue weighted by Crippen LogP contribution is 2.22. The maximum atomic E-state index is 13.1. The Balaban J connectivity index is 1.60. The number of aromatic nitrogens is 2. The summed E-state index contributed by atoms with van der Waals surface area (Å²) in [6.45, 7) is 1.49. The molecule has 0 unspecified atom stereocenters. The van der Waals surface area contributed by atoms with Crippen LogP contribution < -0.4 is 10.2 Å². The Morgan fingerprint density at radius 2 is 2.00 bits per heavy atom. The van der Waals surface area contributed by atoms with Crippen molar-refractivity contribution >= 4 is 23.7 Å². The lowest BCUT2D eigenvalue weighted by Crippen LogP contribution is -2.24. The molecule has 0 aliphatic heterocycles. The van der Waals surface area contributed by atoms with Crippen molar-refractivity contribution in [2.75, 3.05) is 6.61 Å². The molecule has 7 nitrogen and oxygen atoms in total. The second-order valence-corrected chi connectivity index (χ2v) is 6.25. The fraction of sp³-hybridized carbons (Fsp3) is 0.100. The van der Waals surface area contributed by atoms with Gasteiger partial charge in [0.15, 0.2) is 6.61 Å². The minimum absolute atomic E-state index is 0.245. The van der Waals surface area contributed by atoms with E-state index in [1.807, 2.05) is 6.07 Å². The normalized spacial score (nSPS) is 10.7. The predicted octanol–water partition coefficient (Wildman–Crippen LogP) is 3.37. The summed E-state index contributed by atoms with van der Waals surface area (Å²) in [6.07, 6.45) is 1.38. The second-order valence-electron chi connectivity index (χ2n) is 5.90. The van der Waals surface area contributed by atoms with Crippen LogP contribution in [0, 0.1) is 24.1 Å². The van der Waals surface area contributed by atoms with E-state index in [0.29, 0.717) is 28.3 Å². The van der Waals surface area contributed by atoms with E-state index in [-0.39, 0.29) is 17.6 Å². The molecule has 0 saturated heterocycles. The summed E-state index contributed by atoms with van der Waals surface area (Å²) in [4.78, 5) is 11.9. The monoisotopic (exact) mass is 411 g/mol. The summed E-state index contributed by atoms with van der Waals surface area (Å²) >= 11 is 6.34. The van der Waals surface area contributed by atoms with Gasteiger partial charge in [-0.15, -0.1) is 0 Å². The maximum Gasteiger partial charge on any atom is 0.277 e. The number of carbonyl (C=O) groups is 1. The van der Waals surface area contributed by atoms with Crippen molar-refractivity contribution in [3.8, 4) is 17.5 Å². The number of aryl methyl sites for hydroxylation is 1. The average molecular weight is 412 g/mol. The molecule has 0 radical (unpaired) electrons. The highest BCUT2D eigenvalue weighted by molar-refractivity contribution is 6.32. The van der Waals surface area contributed by atoms with Gasteiger partial charge in [-0.25, -0.2) is 14.5 Å². The van der Waals surface area contributed by atoms with E-state index >= 15 is 0 Å². The first-order valence-corrected chi connectivity index (χ1v) is 8.81. The summed E-state index contributed by atoms with van der Waals surface area (Å²) in [5, 5.41) is 17.2. The molecule has 0 saturated carbocycles. The van der Waals surface area contributed by atoms with Crippen molar-refractivity contribution in [2.45, 2.75) is 6.92 Å². The molecule has 1 N–H and O–H groups in total. The minimum Gasteiger partial charge on any atom is -0.484 e. The first-order valence-electron chi connectivity index (χ1n) is 8.44. The molecule has 0 atom stereocenters. The topological polar surface area (TPSA) is 92.3 Å². The van der Waals surface area contributed by atoms with E-state index in [9.17, 15) is 9.18 Å². The smallest absolute Gasteiger partial charge is 0.277 e. The van der Waals surface area contributed by atoms with E-state index in [2.05, 4.69) is 15.6 Å². The summed E-state index contributed by atoms with van der Waals surface area (Å²) in [5.74, 6) is -0.366. The van der Waals surface area contributed by atoms with Gasteiger partial charge in [0.1, 0.15) is 16.7 Å². The number of nitrogens with zero attached hydrogens (tertiary/aromatic N) is 4. The van der Waals surface area contributed by atoms with Crippen LogP contribution in [0.4, 0.5) is 4.39 Å². The van der Waals surface area contributed by atoms with E-state index in [4.69, 9.17) is 21.6 Å². The van der Waals surface area contributed by atoms with Crippen LogP contribution in [0.1, 0.15) is 16.8 Å². The summed E-state index contributed by atoms with van der Waals surface area (Å²) in [5.41, 5.74) is 4.55. The van der Waals surface area contributed by atoms with Crippen LogP contribution in [0.3, 0.4) is 0 Å². The maximum absolute atomic E-state index is 13.1. The van der Waals surface area contributed by atoms with Crippen LogP contribution in [0.2, 0.25) is 5.15 Å². The van der Waals surface area contributed by atoms with E-state index in [1.165, 1.54) is 23.0 Å². The largest absolute Gasteiger partial charge is 0.484 e. The van der Waals surface area contributed by atoms with Gasteiger partial charge in [0, 0.05) is 0 Å². The first-order chi connectivity index (χ1) is 14.0. The number of rotatable bonds is 6. The SMILES string of the molecule is Cc1nn(-c2ccc(F)cc2)c(Cl)c1/C=N/NC(=O)COc1ccc(C#N)cc1. The van der Waals surface area contributed by atoms with Crippen molar-refractivity contribution in [3.63, 3.8) is 0 Å². The lowest BCUT2D eigenvalue weighted by Gasteiger charge is -2.04. The molecule has 0 aliphatic rings. The third-order valence-corrected chi connectivity index (χ3v) is 4.22. The Kier molecular flexibility index (Phi) is 6.22. The number of nitrogens with one attached hydrogen (secondary N) is 1. The molecule has 2 aromatic carbocycles. The molecule has 3 rings (SSSR count). The molecule has 1 heterocycles. The Bertz CT molecular complexity index is 1090. The van der Waals surface area contributed by atoms with Gasteiger partial charge in [-0.2, -0.15) is 15.5 Å². The van der Waals surface area contributed by atoms with Crippen LogP contribution in [-0.4, -0.2) is 28.5 Å². The van der Waals surface area contributed by atoms with Gasteiger partial charge in [-0.1, -0.05) is 11.6 Å². The molecule has 0 spiro atoms. The average Bonchev–Trinajstić information content (AvgIpc) is 3.01. The van der Waals surface area contributed by atoms with Gasteiger partial charge in [0.25, 0.3) is 5.91 Å². The number of halogens is 2. The van der Waals surface area contributed by atoms with Gasteiger partial charge >= 0.3 is 0 Å². The molecule has 0 bridgehead atoms. The predicted molar refractivity (Wildman–Crippen MR) is 106 cm³/mol. The standard InChI is InChI=1S/C20H15ClFN5O2/c1-13-18(20(21)27(26-13)16-6-4-15(22)5-7-16)11-24-25-19(28)12-29-17-8-2-14(10-23)3-9-17/h2-9,11H,12H2,1H3,(H,25,28)/b24-11+. The van der Waals surface area contributed by atoms with Crippen LogP contribution in [-0.2, 0) is 4.79 Å². The molecule has 3 aromatic rings. The van der Waals surface area contributed by atoms with Crippen LogP contribution >= 0.6 is 11.6 Å². The van der Waals surface area contributed by atoms with Gasteiger partial charge in [-0.3, -0.25) is 4.79 Å². The van der Waals surface area contributed by atoms with E-state index in [0.717, 1.165) is 0 Å². The zero-order valence-electron chi connectivity index (χ0n) is 15.3. The zero-order chi connectivity index (χ0) is 20.8. The number of carbonyl (C=O) groups excluding carboxylic acids is 1. The molecule has 1 aromatic heterocycles. The van der Waals surface area contributed by atoms with E-state index in [1.54, 1.807) is 43.3 Å². The number of nitriles is 1. The van der Waals surface area contributed by atoms with Crippen molar-refractivity contribution < 1.29 is 13.9 Å². The van der Waals surface area contributed by atoms with Gasteiger partial charge < -0.3 is 4.74 Å². The summed E-state index contributed by atoms with van der Waals surface area (Å²) in [7, 11) is 0. The fourth-order valence-corrected chi connectivity index (χ4v) is 2.71. The second kappa shape index (κ2) is 8.99. The Labute approximate surface area is 171 Å². The quantitative estimate of drug-likeness (QED) is 0.497. The van der Waals surface area contributed by atoms with Gasteiger partial charge in [0.05, 0.1) is 34.8 Å². The number of ether oxygens (including phenoxy) is 1. The number of amides is 1. The molecular weight excluding hydrogens is 397 g/mol. The lowest BCUT2D eigenvalue weighted by molar-refractivity contribution is -0.123. The molecule has 29 heavy (non-hydrogen) atoms. The van der Waals surface area contributed by atoms with Crippen LogP contribution in [0.15, 0.2) is 53.6 Å². The molecular formula is C20H15ClFN5O2. The summed E-state index contributed by atoms with van der Waals surface area (Å²) < 4.78 is 19.9. The van der Waals surface area contributed by atoms with Gasteiger partial charge in [0.2, 0.25) is 0 Å². The number of hydrogen-bond acceptors (Lipinski definition) is 5. The van der Waals surface area contributed by atoms with Crippen molar-refractivity contribution in [3.05, 3.63) is 76.3 Å². The first kappa shape index (κ1) is 20.0. The van der Waals surface area contributed by atoms with Crippen LogP contribution in [0.5, 0.6) is 5.75 Å². The molecule has 1 amide bonds. The van der Waals surface area contributed by atoms with Crippen molar-refractivity contribution in [1.29, 1.82) is 5.26 Å². The van der Waals surface area contributed by atoms with E-state index < -0.39 is 5.91 Å². The Morgan fingerprint density at radius 3 is 2.66 bits per heavy atom. The molecule has 0 fully saturated rings. The zero-order valence-corrected chi connectivity index (χ0v) is 16.0. The third kappa shape index (κ3) is 4.97. The highest BCUT2D eigenvalue weighted by Gasteiger charge is 2.13. The minimum atomic E-state index is -0.467. The molecule has 146 valence electrons. The Hall–Kier alpha value is -3.70. The molecule has 0 aliphatic carbocycles. The van der Waals surface area contributed by atoms with Crippen molar-refractivity contribution in [2.24, 2.45) is 5.10 Å². The van der Waals surface area contributed by atoms with Gasteiger partial charge in [-0.05, 0) is 55.5 Å². The highest BCUT2D eigenvalue weighted by atomic mass is 35.5. The van der Waals surface area contributed by atoms with Crippen LogP contribution in [0.25, 0.3) is 5.69 Å². The molecule has 9 heteroatoms. The number of hydrazone groups is 1. The fourth-order valence-electron chi connectivity index (χ4n) is 2.39. The number of benzene rings is 2. The third-order valence-electron chi connectivity index (χ3n) is 3.86. The number of hydrogen-bond donors (Lipinski definition) is 1. The lowest BCUT2D eigenvalue weighted by atomic mass is 10.2. The van der Waals surface area contributed by atoms with Crippen molar-refractivity contribution in [1.82, 2.24) is 15.2 Å². The summed E-state index contributed by atoms with van der Waals surface area (Å²) in [6, 6.07) is 14.1.